The number of nitrogens with two attached hydrogens (primary N) is 1. The predicted molar refractivity (Wildman–Crippen MR) is 114 cm³/mol. The summed E-state index contributed by atoms with van der Waals surface area (Å²) in [6.07, 6.45) is 4.17. The lowest BCUT2D eigenvalue weighted by atomic mass is 9.89. The Labute approximate surface area is 182 Å². The Morgan fingerprint density at radius 2 is 2.16 bits per heavy atom. The van der Waals surface area contributed by atoms with Gasteiger partial charge in [0.15, 0.2) is 5.75 Å². The van der Waals surface area contributed by atoms with Crippen LogP contribution in [0.2, 0.25) is 5.02 Å². The van der Waals surface area contributed by atoms with Crippen molar-refractivity contribution in [3.05, 3.63) is 69.1 Å². The van der Waals surface area contributed by atoms with Crippen molar-refractivity contribution in [1.82, 2.24) is 9.88 Å². The smallest absolute Gasteiger partial charge is 0.258 e. The second-order valence-corrected chi connectivity index (χ2v) is 8.42. The molecule has 2 aliphatic heterocycles. The Morgan fingerprint density at radius 1 is 1.35 bits per heavy atom. The van der Waals surface area contributed by atoms with Crippen LogP contribution >= 0.6 is 11.6 Å². The molecule has 3 heterocycles. The van der Waals surface area contributed by atoms with Crippen LogP contribution in [0, 0.1) is 5.82 Å². The van der Waals surface area contributed by atoms with Crippen molar-refractivity contribution in [2.24, 2.45) is 5.73 Å². The molecule has 0 aliphatic carbocycles. The number of phenols is 1. The fourth-order valence-electron chi connectivity index (χ4n) is 4.84. The number of nitrogens with zero attached hydrogens (tertiary/aromatic N) is 2. The van der Waals surface area contributed by atoms with Crippen LogP contribution in [0.3, 0.4) is 0 Å². The first kappa shape index (κ1) is 19.8. The summed E-state index contributed by atoms with van der Waals surface area (Å²) in [5.74, 6) is -1.74. The topological polar surface area (TPSA) is 96.5 Å². The molecule has 5 rings (SSSR count). The first-order valence-corrected chi connectivity index (χ1v) is 10.5. The molecule has 1 atom stereocenters. The number of piperidine rings is 1. The third kappa shape index (κ3) is 2.95. The van der Waals surface area contributed by atoms with Crippen molar-refractivity contribution in [3.8, 4) is 5.75 Å². The van der Waals surface area contributed by atoms with Gasteiger partial charge in [0.25, 0.3) is 5.91 Å². The maximum Gasteiger partial charge on any atom is 0.258 e. The minimum Gasteiger partial charge on any atom is -0.505 e. The van der Waals surface area contributed by atoms with Crippen LogP contribution in [-0.2, 0) is 6.42 Å². The van der Waals surface area contributed by atoms with Gasteiger partial charge in [0, 0.05) is 30.1 Å². The number of primary amides is 1. The Kier molecular flexibility index (Phi) is 4.59. The maximum absolute atomic E-state index is 14.4. The monoisotopic (exact) mass is 439 g/mol. The van der Waals surface area contributed by atoms with Crippen LogP contribution in [0.1, 0.15) is 62.7 Å². The highest BCUT2D eigenvalue weighted by molar-refractivity contribution is 6.30. The average molecular weight is 440 g/mol. The lowest BCUT2D eigenvalue weighted by Gasteiger charge is -2.30. The fourth-order valence-corrected chi connectivity index (χ4v) is 5.03. The summed E-state index contributed by atoms with van der Waals surface area (Å²) >= 11 is 5.88. The van der Waals surface area contributed by atoms with Gasteiger partial charge in [-0.15, -0.1) is 0 Å². The second-order valence-electron chi connectivity index (χ2n) is 8.02. The number of phenolic OH excluding ortho intramolecular Hbond substituents is 1. The molecule has 31 heavy (non-hydrogen) atoms. The predicted octanol–water partition coefficient (Wildman–Crippen LogP) is 4.10. The molecule has 1 saturated heterocycles. The molecule has 1 aromatic heterocycles. The molecule has 3 aromatic rings. The minimum atomic E-state index is -0.686. The van der Waals surface area contributed by atoms with E-state index in [1.54, 1.807) is 23.1 Å². The summed E-state index contributed by atoms with van der Waals surface area (Å²) in [5.41, 5.74) is 7.71. The van der Waals surface area contributed by atoms with E-state index in [-0.39, 0.29) is 45.8 Å². The van der Waals surface area contributed by atoms with Gasteiger partial charge in [0.2, 0.25) is 5.91 Å². The molecule has 3 N–H and O–H groups in total. The molecule has 158 valence electrons. The van der Waals surface area contributed by atoms with Crippen LogP contribution in [0.4, 0.5) is 4.39 Å². The molecule has 6 nitrogen and oxygen atoms in total. The highest BCUT2D eigenvalue weighted by atomic mass is 35.5. The van der Waals surface area contributed by atoms with Gasteiger partial charge in [0.05, 0.1) is 22.2 Å². The van der Waals surface area contributed by atoms with Gasteiger partial charge in [-0.05, 0) is 42.5 Å². The Balaban J connectivity index is 1.72. The van der Waals surface area contributed by atoms with E-state index in [1.165, 1.54) is 12.3 Å². The van der Waals surface area contributed by atoms with Gasteiger partial charge < -0.3 is 15.7 Å². The molecule has 1 fully saturated rings. The number of pyridine rings is 1. The summed E-state index contributed by atoms with van der Waals surface area (Å²) in [5, 5.41) is 11.3. The first-order valence-electron chi connectivity index (χ1n) is 10.1. The summed E-state index contributed by atoms with van der Waals surface area (Å²) < 4.78 is 14.4. The molecule has 8 heteroatoms. The molecule has 0 saturated carbocycles. The highest BCUT2D eigenvalue weighted by Crippen LogP contribution is 2.48. The molecule has 0 bridgehead atoms. The van der Waals surface area contributed by atoms with Crippen LogP contribution in [0.25, 0.3) is 10.9 Å². The van der Waals surface area contributed by atoms with E-state index in [0.29, 0.717) is 35.0 Å². The zero-order valence-corrected chi connectivity index (χ0v) is 17.2. The molecule has 0 radical (unpaired) electrons. The van der Waals surface area contributed by atoms with Gasteiger partial charge in [-0.25, -0.2) is 4.39 Å². The fraction of sp³-hybridized carbons (Fsp3) is 0.261. The summed E-state index contributed by atoms with van der Waals surface area (Å²) in [6.45, 7) is 0.568. The largest absolute Gasteiger partial charge is 0.505 e. The lowest BCUT2D eigenvalue weighted by Crippen LogP contribution is -2.32. The molecule has 0 unspecified atom stereocenters. The van der Waals surface area contributed by atoms with Crippen LogP contribution in [-0.4, -0.2) is 33.3 Å². The number of hydrogen-bond acceptors (Lipinski definition) is 4. The number of benzene rings is 2. The van der Waals surface area contributed by atoms with Gasteiger partial charge in [-0.2, -0.15) is 0 Å². The third-order valence-corrected chi connectivity index (χ3v) is 6.49. The van der Waals surface area contributed by atoms with Crippen molar-refractivity contribution in [3.63, 3.8) is 0 Å². The van der Waals surface area contributed by atoms with Crippen LogP contribution < -0.4 is 5.73 Å². The Hall–Kier alpha value is -3.19. The summed E-state index contributed by atoms with van der Waals surface area (Å²) in [4.78, 5) is 31.5. The van der Waals surface area contributed by atoms with Gasteiger partial charge in [-0.3, -0.25) is 14.6 Å². The number of carbonyl (C=O) groups is 2. The first-order chi connectivity index (χ1) is 14.9. The van der Waals surface area contributed by atoms with E-state index in [9.17, 15) is 19.1 Å². The summed E-state index contributed by atoms with van der Waals surface area (Å²) in [7, 11) is 0. The Morgan fingerprint density at radius 3 is 2.94 bits per heavy atom. The maximum atomic E-state index is 14.4. The van der Waals surface area contributed by atoms with Gasteiger partial charge in [0.1, 0.15) is 11.3 Å². The van der Waals surface area contributed by atoms with Gasteiger partial charge >= 0.3 is 0 Å². The number of hydrogen-bond donors (Lipinski definition) is 2. The van der Waals surface area contributed by atoms with Crippen molar-refractivity contribution in [1.29, 1.82) is 0 Å². The van der Waals surface area contributed by atoms with Crippen molar-refractivity contribution < 1.29 is 19.1 Å². The van der Waals surface area contributed by atoms with Crippen molar-refractivity contribution in [2.75, 3.05) is 6.54 Å². The number of halogens is 2. The zero-order valence-electron chi connectivity index (χ0n) is 16.5. The van der Waals surface area contributed by atoms with E-state index < -0.39 is 11.7 Å². The van der Waals surface area contributed by atoms with E-state index >= 15 is 0 Å². The number of aromatic hydroxyl groups is 1. The number of amides is 2. The van der Waals surface area contributed by atoms with E-state index in [4.69, 9.17) is 17.3 Å². The quantitative estimate of drug-likeness (QED) is 0.642. The second kappa shape index (κ2) is 7.20. The summed E-state index contributed by atoms with van der Waals surface area (Å²) in [6, 6.07) is 6.14. The minimum absolute atomic E-state index is 0.0236. The van der Waals surface area contributed by atoms with Crippen LogP contribution in [0.15, 0.2) is 30.5 Å². The van der Waals surface area contributed by atoms with E-state index in [1.807, 2.05) is 0 Å². The number of aromatic nitrogens is 1. The van der Waals surface area contributed by atoms with Gasteiger partial charge in [-0.1, -0.05) is 23.7 Å². The third-order valence-electron chi connectivity index (χ3n) is 6.20. The van der Waals surface area contributed by atoms with Crippen LogP contribution in [0.5, 0.6) is 5.75 Å². The molecular formula is C23H19ClFN3O3. The average Bonchev–Trinajstić information content (AvgIpc) is 3.04. The SMILES string of the molecule is NC(=O)c1c2c(c(O)c3ncc(Cc4cccc(Cl)c4F)cc13)C(=O)N1CCCC[C@@H]21. The molecule has 2 aliphatic rings. The lowest BCUT2D eigenvalue weighted by molar-refractivity contribution is 0.0668. The molecular weight excluding hydrogens is 421 g/mol. The Bertz CT molecular complexity index is 1280. The highest BCUT2D eigenvalue weighted by Gasteiger charge is 2.43. The zero-order chi connectivity index (χ0) is 21.9. The molecule has 2 amide bonds. The number of fused-ring (bicyclic) bond motifs is 4. The standard InChI is InChI=1S/C23H19ClFN3O3/c24-14-5-3-4-12(19(14)25)8-11-9-13-16(22(26)30)17-15-6-1-2-7-28(15)23(31)18(17)21(29)20(13)27-10-11/h3-5,9-10,15,29H,1-2,6-8H2,(H2,26,30)/t15-/m0/s1. The van der Waals surface area contributed by atoms with Crippen molar-refractivity contribution in [2.45, 2.75) is 31.7 Å². The number of rotatable bonds is 3. The molecule has 0 spiro atoms. The van der Waals surface area contributed by atoms with E-state index in [0.717, 1.165) is 12.8 Å². The van der Waals surface area contributed by atoms with Crippen molar-refractivity contribution >= 4 is 34.3 Å². The number of carbonyl (C=O) groups excluding carboxylic acids is 2. The van der Waals surface area contributed by atoms with E-state index in [2.05, 4.69) is 4.98 Å². The molecule has 2 aromatic carbocycles. The normalized spacial score (nSPS) is 17.7.